The molecule has 0 saturated carbocycles. The molecule has 38 heavy (non-hydrogen) atoms. The molecule has 0 unspecified atom stereocenters. The van der Waals surface area contributed by atoms with Crippen LogP contribution in [-0.4, -0.2) is 67.7 Å². The third kappa shape index (κ3) is 4.00. The first kappa shape index (κ1) is 23.8. The molecule has 5 heterocycles. The van der Waals surface area contributed by atoms with Gasteiger partial charge in [-0.15, -0.1) is 0 Å². The number of carbonyl (C=O) groups excluding carboxylic acids is 1. The molecule has 0 spiro atoms. The lowest BCUT2D eigenvalue weighted by Gasteiger charge is -2.53. The highest BCUT2D eigenvalue weighted by molar-refractivity contribution is 5.94. The number of nitriles is 2. The fourth-order valence-corrected chi connectivity index (χ4v) is 5.75. The Hall–Kier alpha value is -4.54. The number of hydrogen-bond donors (Lipinski definition) is 1. The Labute approximate surface area is 218 Å². The van der Waals surface area contributed by atoms with E-state index in [9.17, 15) is 14.4 Å². The van der Waals surface area contributed by atoms with E-state index in [0.717, 1.165) is 41.1 Å². The number of likely N-dealkylation sites (tertiary alicyclic amines) is 2. The molecule has 2 aliphatic rings. The monoisotopic (exact) mass is 508 g/mol. The number of nitrogens with one attached hydrogen (secondary N) is 1. The SMILES string of the molecule is N#CCC1(n2cc(-c3ccnc4[nH]ccc34)cn2)CN(C2CCN(C(=O)c3ccc(C#N)cc3F)CC2)C1. The third-order valence-corrected chi connectivity index (χ3v) is 7.84. The molecule has 2 fully saturated rings. The first-order valence-corrected chi connectivity index (χ1v) is 12.6. The van der Waals surface area contributed by atoms with Crippen LogP contribution in [-0.2, 0) is 5.54 Å². The number of halogens is 1. The minimum absolute atomic E-state index is 0.0000333. The molecule has 2 saturated heterocycles. The van der Waals surface area contributed by atoms with Gasteiger partial charge in [-0.2, -0.15) is 15.6 Å². The standard InChI is InChI=1S/C28H25FN8O/c29-25-13-19(14-31)1-2-24(25)27(38)35-11-5-21(6-12-35)36-17-28(18-36,7-8-30)37-16-20(15-34-37)22-3-9-32-26-23(22)4-10-33-26/h1-4,9-10,13,15-16,21H,5-7,11-12,17-18H2,(H,32,33). The number of aromatic amines is 1. The summed E-state index contributed by atoms with van der Waals surface area (Å²) >= 11 is 0. The highest BCUT2D eigenvalue weighted by atomic mass is 19.1. The highest BCUT2D eigenvalue weighted by Gasteiger charge is 2.48. The zero-order valence-corrected chi connectivity index (χ0v) is 20.6. The van der Waals surface area contributed by atoms with Crippen LogP contribution in [0.4, 0.5) is 4.39 Å². The maximum absolute atomic E-state index is 14.4. The normalized spacial score (nSPS) is 17.6. The van der Waals surface area contributed by atoms with E-state index in [1.807, 2.05) is 41.5 Å². The maximum atomic E-state index is 14.4. The van der Waals surface area contributed by atoms with Crippen LogP contribution in [0.1, 0.15) is 35.2 Å². The first-order valence-electron chi connectivity index (χ1n) is 12.6. The van der Waals surface area contributed by atoms with Gasteiger partial charge >= 0.3 is 0 Å². The summed E-state index contributed by atoms with van der Waals surface area (Å²) in [5, 5.41) is 24.2. The van der Waals surface area contributed by atoms with E-state index in [2.05, 4.69) is 26.0 Å². The molecule has 0 aliphatic carbocycles. The molecule has 0 radical (unpaired) electrons. The van der Waals surface area contributed by atoms with Crippen LogP contribution in [0.2, 0.25) is 0 Å². The van der Waals surface area contributed by atoms with Gasteiger partial charge in [0.05, 0.1) is 35.9 Å². The van der Waals surface area contributed by atoms with E-state index >= 15 is 0 Å². The van der Waals surface area contributed by atoms with Crippen LogP contribution in [0.15, 0.2) is 55.1 Å². The third-order valence-electron chi connectivity index (χ3n) is 7.84. The maximum Gasteiger partial charge on any atom is 0.256 e. The summed E-state index contributed by atoms with van der Waals surface area (Å²) in [4.78, 5) is 24.4. The molecule has 1 aromatic carbocycles. The smallest absolute Gasteiger partial charge is 0.256 e. The fourth-order valence-electron chi connectivity index (χ4n) is 5.75. The van der Waals surface area contributed by atoms with Gasteiger partial charge in [-0.3, -0.25) is 14.4 Å². The molecule has 3 aromatic heterocycles. The predicted octanol–water partition coefficient (Wildman–Crippen LogP) is 3.67. The van der Waals surface area contributed by atoms with Crippen molar-refractivity contribution in [1.29, 1.82) is 10.5 Å². The van der Waals surface area contributed by atoms with Crippen LogP contribution in [0.5, 0.6) is 0 Å². The van der Waals surface area contributed by atoms with E-state index in [4.69, 9.17) is 5.26 Å². The van der Waals surface area contributed by atoms with Gasteiger partial charge in [-0.25, -0.2) is 9.37 Å². The van der Waals surface area contributed by atoms with Crippen molar-refractivity contribution >= 4 is 16.9 Å². The summed E-state index contributed by atoms with van der Waals surface area (Å²) in [6.07, 6.45) is 9.41. The number of pyridine rings is 1. The number of piperidine rings is 1. The van der Waals surface area contributed by atoms with Crippen molar-refractivity contribution < 1.29 is 9.18 Å². The average molecular weight is 509 g/mol. The molecule has 190 valence electrons. The van der Waals surface area contributed by atoms with Crippen molar-refractivity contribution in [3.63, 3.8) is 0 Å². The molecule has 9 nitrogen and oxygen atoms in total. The molecule has 6 rings (SSSR count). The number of amides is 1. The number of fused-ring (bicyclic) bond motifs is 1. The van der Waals surface area contributed by atoms with Gasteiger partial charge in [-0.1, -0.05) is 0 Å². The van der Waals surface area contributed by atoms with Crippen molar-refractivity contribution in [1.82, 2.24) is 29.5 Å². The van der Waals surface area contributed by atoms with Crippen LogP contribution >= 0.6 is 0 Å². The average Bonchev–Trinajstić information content (AvgIpc) is 3.60. The number of hydrogen-bond acceptors (Lipinski definition) is 6. The van der Waals surface area contributed by atoms with Gasteiger partial charge in [0.25, 0.3) is 5.91 Å². The Balaban J connectivity index is 1.12. The minimum atomic E-state index is -0.664. The van der Waals surface area contributed by atoms with E-state index in [1.165, 1.54) is 12.1 Å². The molecule has 0 atom stereocenters. The van der Waals surface area contributed by atoms with Gasteiger partial charge in [0, 0.05) is 61.8 Å². The zero-order chi connectivity index (χ0) is 26.3. The second-order valence-electron chi connectivity index (χ2n) is 10.1. The molecular weight excluding hydrogens is 483 g/mol. The number of H-pyrrole nitrogens is 1. The van der Waals surface area contributed by atoms with E-state index in [0.29, 0.717) is 32.6 Å². The lowest BCUT2D eigenvalue weighted by molar-refractivity contribution is -0.0412. The second-order valence-corrected chi connectivity index (χ2v) is 10.1. The quantitative estimate of drug-likeness (QED) is 0.440. The van der Waals surface area contributed by atoms with E-state index in [1.54, 1.807) is 11.1 Å². The minimum Gasteiger partial charge on any atom is -0.346 e. The Morgan fingerprint density at radius 3 is 2.74 bits per heavy atom. The van der Waals surface area contributed by atoms with Gasteiger partial charge in [0.15, 0.2) is 0 Å². The van der Waals surface area contributed by atoms with Crippen LogP contribution < -0.4 is 0 Å². The fraction of sp³-hybridized carbons (Fsp3) is 0.321. The van der Waals surface area contributed by atoms with Crippen molar-refractivity contribution in [2.24, 2.45) is 0 Å². The Morgan fingerprint density at radius 1 is 1.18 bits per heavy atom. The predicted molar refractivity (Wildman–Crippen MR) is 137 cm³/mol. The van der Waals surface area contributed by atoms with Gasteiger partial charge in [-0.05, 0) is 48.7 Å². The van der Waals surface area contributed by atoms with Crippen LogP contribution in [0.25, 0.3) is 22.2 Å². The van der Waals surface area contributed by atoms with Crippen LogP contribution in [0.3, 0.4) is 0 Å². The molecule has 4 aromatic rings. The van der Waals surface area contributed by atoms with Crippen molar-refractivity contribution in [2.75, 3.05) is 26.2 Å². The topological polar surface area (TPSA) is 118 Å². The molecule has 2 aliphatic heterocycles. The number of nitrogens with zero attached hydrogens (tertiary/aromatic N) is 7. The molecule has 0 bridgehead atoms. The van der Waals surface area contributed by atoms with Crippen LogP contribution in [0, 0.1) is 28.5 Å². The summed E-state index contributed by atoms with van der Waals surface area (Å²) in [5.41, 5.74) is 2.65. The van der Waals surface area contributed by atoms with Gasteiger partial charge in [0.1, 0.15) is 17.0 Å². The van der Waals surface area contributed by atoms with Gasteiger partial charge in [0.2, 0.25) is 0 Å². The number of carbonyl (C=O) groups is 1. The lowest BCUT2D eigenvalue weighted by atomic mass is 9.83. The summed E-state index contributed by atoms with van der Waals surface area (Å²) in [7, 11) is 0. The largest absolute Gasteiger partial charge is 0.346 e. The summed E-state index contributed by atoms with van der Waals surface area (Å²) in [6, 6.07) is 12.4. The van der Waals surface area contributed by atoms with Crippen molar-refractivity contribution in [3.8, 4) is 23.3 Å². The second kappa shape index (κ2) is 9.40. The lowest BCUT2D eigenvalue weighted by Crippen LogP contribution is -2.66. The number of rotatable bonds is 5. The van der Waals surface area contributed by atoms with Gasteiger partial charge < -0.3 is 9.88 Å². The molecular formula is C28H25FN8O. The number of benzene rings is 1. The first-order chi connectivity index (χ1) is 18.5. The highest BCUT2D eigenvalue weighted by Crippen LogP contribution is 2.37. The molecule has 1 amide bonds. The van der Waals surface area contributed by atoms with Crippen molar-refractivity contribution in [2.45, 2.75) is 30.8 Å². The Bertz CT molecular complexity index is 1590. The Kier molecular flexibility index (Phi) is 5.90. The Morgan fingerprint density at radius 2 is 2.00 bits per heavy atom. The summed E-state index contributed by atoms with van der Waals surface area (Å²) in [6.45, 7) is 2.48. The summed E-state index contributed by atoms with van der Waals surface area (Å²) in [5.74, 6) is -1.01. The van der Waals surface area contributed by atoms with E-state index in [-0.39, 0.29) is 23.1 Å². The molecule has 10 heteroatoms. The summed E-state index contributed by atoms with van der Waals surface area (Å²) < 4.78 is 16.3. The number of aromatic nitrogens is 4. The van der Waals surface area contributed by atoms with Crippen molar-refractivity contribution in [3.05, 3.63) is 72.1 Å². The van der Waals surface area contributed by atoms with E-state index < -0.39 is 11.4 Å². The molecule has 1 N–H and O–H groups in total. The zero-order valence-electron chi connectivity index (χ0n) is 20.6.